The van der Waals surface area contributed by atoms with E-state index in [1.165, 1.54) is 85.9 Å². The van der Waals surface area contributed by atoms with Crippen molar-refractivity contribution in [3.63, 3.8) is 0 Å². The highest BCUT2D eigenvalue weighted by Crippen LogP contribution is 2.57. The van der Waals surface area contributed by atoms with Crippen LogP contribution in [0.15, 0.2) is 78.9 Å². The average molecular weight is 2000 g/mol. The van der Waals surface area contributed by atoms with Crippen molar-refractivity contribution in [1.29, 1.82) is 32.5 Å². The van der Waals surface area contributed by atoms with Crippen LogP contribution >= 0.6 is 0 Å². The van der Waals surface area contributed by atoms with Gasteiger partial charge in [-0.25, -0.2) is 4.79 Å². The number of primary amides is 2. The van der Waals surface area contributed by atoms with Gasteiger partial charge in [-0.05, 0) is 195 Å². The molecule has 0 saturated heterocycles. The van der Waals surface area contributed by atoms with E-state index in [4.69, 9.17) is 93.5 Å². The number of aromatic hydroxyl groups is 3. The highest BCUT2D eigenvalue weighted by molar-refractivity contribution is 6.03. The summed E-state index contributed by atoms with van der Waals surface area (Å²) in [5, 5.41) is 127. The fraction of sp³-hybridized carbons (Fsp3) is 0.494. The zero-order chi connectivity index (χ0) is 105. The van der Waals surface area contributed by atoms with Gasteiger partial charge in [-0.1, -0.05) is 12.1 Å². The van der Waals surface area contributed by atoms with Crippen LogP contribution < -0.4 is 157 Å². The van der Waals surface area contributed by atoms with Crippen molar-refractivity contribution >= 4 is 124 Å². The Hall–Kier alpha value is -16.3. The summed E-state index contributed by atoms with van der Waals surface area (Å²) in [6.45, 7) is -0.900. The number of fused-ring (bicyclic) bond motifs is 6. The standard InChI is InChI=1S/C89H136N34O20/c1-105-88(104)112-40-11-19-60(75(134)116-56(71(93)130)14-6-35-107-83(94)95)119-79(138)62(17-9-38-110-86(100)101)122-81(140)64(30-31-68(92)127)123-80(139)63(18-10-39-111-87(102)103)121-78(137)61(16-8-37-109-85(98)99)120-77(136)59(13-3-5-34-91)118-76(135)58(12-2-4-33-90)117-74(133)57(15-7-36-108-84(96)97)114-70(129)46-113-73(132)65(42-47-20-23-49(124)24-21-47)115-69(128)32-41-106-72(131)48-22-27-52-55(43-48)89(143-82(52)141)53-28-25-50(125)44-66(53)142-67-45-51(126)26-29-54(67)89/h20-29,43-45,56-65,124-126H,2-19,30-42,46,90-91H2,1H3,(H2,92,127)(H2,93,130)(H,106,131)(H,113,132)(H,114,129)(H,115,128)(H,116,134)(H,117,133)(H,118,135)(H,119,138)(H,120,136)(H,121,137)(H,122,140)(H,123,139)(H4,94,95,107)(H4,96,97,108)(H4,98,99,109)(H4,100,101,110)(H4,102,103,111)(H3,104,105,112)/t56-,57-,58-,59-,60-,61-,62-,63-,64-,65-/m0/s1. The van der Waals surface area contributed by atoms with E-state index in [0.717, 1.165) is 0 Å². The van der Waals surface area contributed by atoms with Gasteiger partial charge in [0.05, 0.1) is 12.1 Å². The number of phenols is 3. The van der Waals surface area contributed by atoms with Crippen LogP contribution in [0.5, 0.6) is 28.7 Å². The quantitative estimate of drug-likeness (QED) is 0.00845. The third kappa shape index (κ3) is 39.1. The second-order valence-electron chi connectivity index (χ2n) is 33.7. The summed E-state index contributed by atoms with van der Waals surface area (Å²) in [5.41, 5.74) is 50.5. The molecule has 2 heterocycles. The zero-order valence-electron chi connectivity index (χ0n) is 79.4. The maximum atomic E-state index is 15.0. The maximum Gasteiger partial charge on any atom is 0.340 e. The van der Waals surface area contributed by atoms with Gasteiger partial charge < -0.3 is 177 Å². The summed E-state index contributed by atoms with van der Waals surface area (Å²) in [4.78, 5) is 213. The number of nitrogens with one attached hydrogen (secondary N) is 25. The SMILES string of the molecule is CNC(=N)NCCC[C@H](NC(=O)[C@H](CCCNC(=N)N)NC(=O)[C@H](CCC(N)=O)NC(=O)[C@H](CCCNC(=N)N)NC(=O)[C@H](CCCNC(=N)N)NC(=O)[C@H](CCCCN)NC(=O)[C@H](CCCCN)NC(=O)[C@H](CCCNC(=N)N)NC(=O)CNC(=O)[C@H](Cc1ccc(O)cc1)NC(=O)CCNC(=O)c1ccc2c(c1)C1(OC2=O)c2ccc(O)cc2Oc2cc(O)ccc21)C(=O)N[C@@H](CCCNC(=N)N)C(N)=O. The molecule has 143 heavy (non-hydrogen) atoms. The fourth-order valence-electron chi connectivity index (χ4n) is 15.3. The monoisotopic (exact) mass is 2000 g/mol. The van der Waals surface area contributed by atoms with Crippen LogP contribution in [0, 0.1) is 32.5 Å². The number of esters is 1. The predicted molar refractivity (Wildman–Crippen MR) is 522 cm³/mol. The van der Waals surface area contributed by atoms with Gasteiger partial charge in [-0.15, -0.1) is 0 Å². The van der Waals surface area contributed by atoms with Gasteiger partial charge in [0.15, 0.2) is 41.4 Å². The normalized spacial score (nSPS) is 13.8. The van der Waals surface area contributed by atoms with Crippen LogP contribution in [0.25, 0.3) is 0 Å². The molecule has 0 unspecified atom stereocenters. The Labute approximate surface area is 823 Å². The highest BCUT2D eigenvalue weighted by atomic mass is 16.6. The van der Waals surface area contributed by atoms with E-state index in [0.29, 0.717) is 23.1 Å². The molecule has 0 radical (unpaired) electrons. The Morgan fingerprint density at radius 1 is 0.350 bits per heavy atom. The topological polar surface area (TPSA) is 941 Å². The molecule has 4 aromatic rings. The van der Waals surface area contributed by atoms with E-state index in [2.05, 4.69) is 101 Å². The Morgan fingerprint density at radius 2 is 0.699 bits per heavy atom. The van der Waals surface area contributed by atoms with Crippen molar-refractivity contribution in [3.05, 3.63) is 112 Å². The summed E-state index contributed by atoms with van der Waals surface area (Å²) in [7, 11) is 1.49. The number of guanidine groups is 6. The number of hydrogen-bond acceptors (Lipinski definition) is 28. The molecular weight excluding hydrogens is 1870 g/mol. The Kier molecular flexibility index (Phi) is 47.8. The number of amides is 14. The number of rotatable bonds is 63. The molecule has 14 amide bonds. The second kappa shape index (κ2) is 59.2. The molecule has 6 rings (SSSR count). The van der Waals surface area contributed by atoms with Gasteiger partial charge in [0.1, 0.15) is 89.2 Å². The van der Waals surface area contributed by atoms with E-state index in [1.807, 2.05) is 0 Å². The lowest BCUT2D eigenvalue weighted by molar-refractivity contribution is -0.136. The van der Waals surface area contributed by atoms with Crippen LogP contribution in [-0.4, -0.2) is 273 Å². The van der Waals surface area contributed by atoms with Gasteiger partial charge in [-0.2, -0.15) is 0 Å². The van der Waals surface area contributed by atoms with Crippen molar-refractivity contribution in [1.82, 2.24) is 101 Å². The molecule has 54 heteroatoms. The van der Waals surface area contributed by atoms with Crippen molar-refractivity contribution in [2.24, 2.45) is 51.6 Å². The number of unbranched alkanes of at least 4 members (excludes halogenated alkanes) is 2. The third-order valence-electron chi connectivity index (χ3n) is 22.6. The molecule has 0 saturated carbocycles. The minimum atomic E-state index is -1.77. The Balaban J connectivity index is 1.21. The lowest BCUT2D eigenvalue weighted by Gasteiger charge is -2.36. The number of benzene rings is 4. The molecule has 2 aliphatic heterocycles. The van der Waals surface area contributed by atoms with Crippen LogP contribution in [0.3, 0.4) is 0 Å². The number of phenolic OH excluding ortho intramolecular Hbond substituents is 3. The summed E-state index contributed by atoms with van der Waals surface area (Å²) >= 11 is 0. The minimum absolute atomic E-state index is 0.00402. The van der Waals surface area contributed by atoms with Crippen molar-refractivity contribution in [2.45, 2.75) is 207 Å². The van der Waals surface area contributed by atoms with Gasteiger partial charge in [-0.3, -0.25) is 99.6 Å². The lowest BCUT2D eigenvalue weighted by Crippen LogP contribution is -2.60. The third-order valence-corrected chi connectivity index (χ3v) is 22.6. The van der Waals surface area contributed by atoms with Gasteiger partial charge in [0.2, 0.25) is 76.8 Å². The molecule has 0 fully saturated rings. The van der Waals surface area contributed by atoms with Crippen molar-refractivity contribution in [2.75, 3.05) is 72.5 Å². The number of hydrogen-bond donors (Lipinski definition) is 37. The first-order chi connectivity index (χ1) is 68.1. The Bertz CT molecular complexity index is 5110. The molecule has 0 bridgehead atoms. The number of ether oxygens (including phenoxy) is 2. The van der Waals surface area contributed by atoms with E-state index < -0.39 is 204 Å². The molecule has 782 valence electrons. The minimum Gasteiger partial charge on any atom is -0.508 e. The summed E-state index contributed by atoms with van der Waals surface area (Å²) in [6, 6.07) is 2.71. The second-order valence-corrected chi connectivity index (χ2v) is 33.7. The smallest absolute Gasteiger partial charge is 0.340 e. The Morgan fingerprint density at radius 3 is 1.07 bits per heavy atom. The summed E-state index contributed by atoms with van der Waals surface area (Å²) in [5.74, 6) is -16.6. The van der Waals surface area contributed by atoms with Crippen LogP contribution in [0.2, 0.25) is 0 Å². The lowest BCUT2D eigenvalue weighted by atomic mass is 9.77. The number of carbonyl (C=O) groups is 15. The van der Waals surface area contributed by atoms with Crippen LogP contribution in [-0.2, 0) is 79.1 Å². The van der Waals surface area contributed by atoms with Gasteiger partial charge >= 0.3 is 5.97 Å². The largest absolute Gasteiger partial charge is 0.508 e. The van der Waals surface area contributed by atoms with Gasteiger partial charge in [0.25, 0.3) is 5.91 Å². The molecule has 2 aliphatic rings. The zero-order valence-corrected chi connectivity index (χ0v) is 79.4. The number of nitrogens with two attached hydrogens (primary N) is 9. The summed E-state index contributed by atoms with van der Waals surface area (Å²) in [6.07, 6.45) is -2.03. The van der Waals surface area contributed by atoms with E-state index >= 15 is 9.59 Å². The van der Waals surface area contributed by atoms with E-state index in [-0.39, 0.29) is 232 Å². The highest BCUT2D eigenvalue weighted by Gasteiger charge is 2.54. The molecular formula is C89H136N34O20. The summed E-state index contributed by atoms with van der Waals surface area (Å²) < 4.78 is 12.2. The van der Waals surface area contributed by atoms with Gasteiger partial charge in [0, 0.05) is 107 Å². The number of carbonyl (C=O) groups excluding carboxylic acids is 15. The molecule has 0 aromatic heterocycles. The first kappa shape index (κ1) is 115. The van der Waals surface area contributed by atoms with Crippen LogP contribution in [0.1, 0.15) is 178 Å². The molecule has 0 aliphatic carbocycles. The molecule has 4 aromatic carbocycles. The van der Waals surface area contributed by atoms with Crippen LogP contribution in [0.4, 0.5) is 0 Å². The predicted octanol–water partition coefficient (Wildman–Crippen LogP) is -7.45. The van der Waals surface area contributed by atoms with Crippen molar-refractivity contribution < 1.29 is 96.7 Å². The van der Waals surface area contributed by atoms with E-state index in [1.54, 1.807) is 0 Å². The first-order valence-electron chi connectivity index (χ1n) is 46.5. The molecule has 46 N–H and O–H groups in total. The van der Waals surface area contributed by atoms with Crippen molar-refractivity contribution in [3.8, 4) is 28.7 Å². The molecule has 10 atom stereocenters. The maximum absolute atomic E-state index is 15.0. The fourth-order valence-corrected chi connectivity index (χ4v) is 15.3. The molecule has 54 nitrogen and oxygen atoms in total. The molecule has 1 spiro atoms. The first-order valence-corrected chi connectivity index (χ1v) is 46.5. The van der Waals surface area contributed by atoms with E-state index in [9.17, 15) is 77.6 Å². The average Bonchev–Trinajstić information content (AvgIpc) is 1.56.